The molecule has 9 heteroatoms. The average molecular weight is 518 g/mol. The first-order chi connectivity index (χ1) is 14.1. The van der Waals surface area contributed by atoms with Crippen molar-refractivity contribution in [3.63, 3.8) is 0 Å². The number of rotatable bonds is 6. The molecule has 4 aromatic rings. The van der Waals surface area contributed by atoms with Gasteiger partial charge in [0.25, 0.3) is 0 Å². The average Bonchev–Trinajstić information content (AvgIpc) is 3.35. The number of aromatic carboxylic acids is 1. The normalized spacial score (nSPS) is 10.8. The summed E-state index contributed by atoms with van der Waals surface area (Å²) in [7, 11) is 0. The van der Waals surface area contributed by atoms with E-state index in [-0.39, 0.29) is 5.69 Å². The maximum atomic E-state index is 11.3. The van der Waals surface area contributed by atoms with Crippen LogP contribution in [0.25, 0.3) is 27.6 Å². The minimum Gasteiger partial charge on any atom is -0.476 e. The second kappa shape index (κ2) is 8.29. The van der Waals surface area contributed by atoms with Crippen molar-refractivity contribution in [1.29, 1.82) is 0 Å². The van der Waals surface area contributed by atoms with Crippen LogP contribution in [0, 0.1) is 6.92 Å². The molecule has 0 unspecified atom stereocenters. The van der Waals surface area contributed by atoms with E-state index in [2.05, 4.69) is 32.6 Å². The molecular formula is C20H15IN4O3S. The van der Waals surface area contributed by atoms with Crippen molar-refractivity contribution in [2.24, 2.45) is 0 Å². The number of pyridine rings is 1. The van der Waals surface area contributed by atoms with E-state index < -0.39 is 5.97 Å². The number of halogens is 1. The molecule has 0 aliphatic carbocycles. The summed E-state index contributed by atoms with van der Waals surface area (Å²) in [6.45, 7) is 1.99. The SMILES string of the molecule is Cc1c(-c2ccccc2)nn(-c2nc(C(=O)O)cs2)c1-c1ccc(OCI)nc1. The zero-order valence-electron chi connectivity index (χ0n) is 15.2. The molecule has 29 heavy (non-hydrogen) atoms. The first-order valence-electron chi connectivity index (χ1n) is 8.58. The molecule has 0 atom stereocenters. The van der Waals surface area contributed by atoms with Gasteiger partial charge in [0.2, 0.25) is 11.0 Å². The molecule has 0 amide bonds. The Bertz CT molecular complexity index is 1160. The predicted octanol–water partition coefficient (Wildman–Crippen LogP) is 4.84. The van der Waals surface area contributed by atoms with Crippen LogP contribution in [0.5, 0.6) is 5.88 Å². The third kappa shape index (κ3) is 3.87. The molecule has 0 aliphatic heterocycles. The number of alkyl halides is 1. The van der Waals surface area contributed by atoms with Crippen LogP contribution in [0.2, 0.25) is 0 Å². The molecular weight excluding hydrogens is 503 g/mol. The van der Waals surface area contributed by atoms with Crippen LogP contribution in [-0.2, 0) is 0 Å². The highest BCUT2D eigenvalue weighted by Crippen LogP contribution is 2.34. The molecule has 146 valence electrons. The Balaban J connectivity index is 1.89. The van der Waals surface area contributed by atoms with Gasteiger partial charge in [-0.1, -0.05) is 30.3 Å². The topological polar surface area (TPSA) is 90.1 Å². The summed E-state index contributed by atoms with van der Waals surface area (Å²) in [4.78, 5) is 19.9. The summed E-state index contributed by atoms with van der Waals surface area (Å²) in [5.41, 5.74) is 4.37. The fourth-order valence-corrected chi connectivity index (χ4v) is 4.04. The number of hydrogen-bond donors (Lipinski definition) is 1. The van der Waals surface area contributed by atoms with Crippen LogP contribution >= 0.6 is 33.9 Å². The van der Waals surface area contributed by atoms with Gasteiger partial charge in [-0.3, -0.25) is 0 Å². The van der Waals surface area contributed by atoms with Crippen molar-refractivity contribution in [3.05, 3.63) is 65.3 Å². The number of carboxylic acids is 1. The van der Waals surface area contributed by atoms with Crippen LogP contribution < -0.4 is 4.74 Å². The summed E-state index contributed by atoms with van der Waals surface area (Å²) in [5, 5.41) is 16.0. The minimum absolute atomic E-state index is 0.00529. The number of nitrogens with zero attached hydrogens (tertiary/aromatic N) is 4. The van der Waals surface area contributed by atoms with Crippen LogP contribution in [0.15, 0.2) is 54.0 Å². The molecule has 1 aromatic carbocycles. The second-order valence-electron chi connectivity index (χ2n) is 6.06. The molecule has 3 heterocycles. The van der Waals surface area contributed by atoms with Crippen molar-refractivity contribution in [2.45, 2.75) is 6.92 Å². The van der Waals surface area contributed by atoms with Gasteiger partial charge in [-0.2, -0.15) is 5.10 Å². The van der Waals surface area contributed by atoms with Gasteiger partial charge >= 0.3 is 5.97 Å². The summed E-state index contributed by atoms with van der Waals surface area (Å²) in [6, 6.07) is 13.6. The number of ether oxygens (including phenoxy) is 1. The van der Waals surface area contributed by atoms with Crippen molar-refractivity contribution in [3.8, 4) is 33.5 Å². The third-order valence-corrected chi connectivity index (χ3v) is 5.40. The fourth-order valence-electron chi connectivity index (χ4n) is 2.96. The van der Waals surface area contributed by atoms with Crippen LogP contribution in [0.1, 0.15) is 16.1 Å². The number of carbonyl (C=O) groups is 1. The lowest BCUT2D eigenvalue weighted by Gasteiger charge is -2.07. The maximum Gasteiger partial charge on any atom is 0.355 e. The molecule has 0 radical (unpaired) electrons. The monoisotopic (exact) mass is 518 g/mol. The summed E-state index contributed by atoms with van der Waals surface area (Å²) in [5.74, 6) is -0.527. The zero-order valence-corrected chi connectivity index (χ0v) is 18.2. The quantitative estimate of drug-likeness (QED) is 0.291. The molecule has 0 bridgehead atoms. The van der Waals surface area contributed by atoms with Crippen molar-refractivity contribution in [1.82, 2.24) is 19.7 Å². The minimum atomic E-state index is -1.07. The van der Waals surface area contributed by atoms with Gasteiger partial charge in [-0.15, -0.1) is 11.3 Å². The molecule has 0 spiro atoms. The van der Waals surface area contributed by atoms with Crippen molar-refractivity contribution < 1.29 is 14.6 Å². The molecule has 3 aromatic heterocycles. The van der Waals surface area contributed by atoms with Crippen molar-refractivity contribution >= 4 is 39.9 Å². The molecule has 0 saturated carbocycles. The number of carboxylic acid groups (broad SMARTS) is 1. The number of thiazole rings is 1. The predicted molar refractivity (Wildman–Crippen MR) is 119 cm³/mol. The van der Waals surface area contributed by atoms with E-state index in [1.165, 1.54) is 16.7 Å². The van der Waals surface area contributed by atoms with Gasteiger partial charge in [-0.05, 0) is 35.6 Å². The Hall–Kier alpha value is -2.79. The van der Waals surface area contributed by atoms with Gasteiger partial charge in [0, 0.05) is 34.3 Å². The third-order valence-electron chi connectivity index (χ3n) is 4.27. The van der Waals surface area contributed by atoms with Gasteiger partial charge in [-0.25, -0.2) is 19.4 Å². The highest BCUT2D eigenvalue weighted by atomic mass is 127. The fraction of sp³-hybridized carbons (Fsp3) is 0.100. The van der Waals surface area contributed by atoms with E-state index in [0.29, 0.717) is 15.6 Å². The molecule has 0 aliphatic rings. The maximum absolute atomic E-state index is 11.3. The standard InChI is InChI=1S/C20H15IN4O3S/c1-12-17(13-5-3-2-4-6-13)24-25(20-23-15(10-29-20)19(26)27)18(12)14-7-8-16(22-9-14)28-11-21/h2-10H,11H2,1H3,(H,26,27). The Morgan fingerprint density at radius 1 is 1.21 bits per heavy atom. The Morgan fingerprint density at radius 3 is 2.62 bits per heavy atom. The molecule has 0 saturated heterocycles. The van der Waals surface area contributed by atoms with E-state index in [1.54, 1.807) is 16.9 Å². The number of benzene rings is 1. The van der Waals surface area contributed by atoms with Crippen LogP contribution in [0.4, 0.5) is 0 Å². The first kappa shape index (κ1) is 19.5. The molecule has 0 fully saturated rings. The summed E-state index contributed by atoms with van der Waals surface area (Å²) >= 11 is 3.35. The van der Waals surface area contributed by atoms with Crippen LogP contribution in [0.3, 0.4) is 0 Å². The van der Waals surface area contributed by atoms with E-state index in [0.717, 1.165) is 28.1 Å². The molecule has 7 nitrogen and oxygen atoms in total. The largest absolute Gasteiger partial charge is 0.476 e. The van der Waals surface area contributed by atoms with Gasteiger partial charge in [0.15, 0.2) is 5.69 Å². The Morgan fingerprint density at radius 2 is 2.00 bits per heavy atom. The highest BCUT2D eigenvalue weighted by Gasteiger charge is 2.21. The highest BCUT2D eigenvalue weighted by molar-refractivity contribution is 14.1. The zero-order chi connectivity index (χ0) is 20.4. The van der Waals surface area contributed by atoms with E-state index in [4.69, 9.17) is 9.84 Å². The number of aromatic nitrogens is 4. The van der Waals surface area contributed by atoms with Crippen LogP contribution in [-0.4, -0.2) is 35.4 Å². The molecule has 1 N–H and O–H groups in total. The molecule has 4 rings (SSSR count). The summed E-state index contributed by atoms with van der Waals surface area (Å²) < 4.78 is 7.62. The first-order valence-corrected chi connectivity index (χ1v) is 11.0. The van der Waals surface area contributed by atoms with E-state index in [1.807, 2.05) is 43.3 Å². The van der Waals surface area contributed by atoms with Gasteiger partial charge in [0.05, 0.1) is 11.4 Å². The van der Waals surface area contributed by atoms with E-state index in [9.17, 15) is 9.90 Å². The van der Waals surface area contributed by atoms with Crippen molar-refractivity contribution in [2.75, 3.05) is 4.61 Å². The Kier molecular flexibility index (Phi) is 5.58. The smallest absolute Gasteiger partial charge is 0.355 e. The Labute approximate surface area is 184 Å². The second-order valence-corrected chi connectivity index (χ2v) is 7.52. The summed E-state index contributed by atoms with van der Waals surface area (Å²) in [6.07, 6.45) is 1.72. The van der Waals surface area contributed by atoms with E-state index >= 15 is 0 Å². The van der Waals surface area contributed by atoms with Gasteiger partial charge in [0.1, 0.15) is 4.61 Å². The number of hydrogen-bond acceptors (Lipinski definition) is 6. The lowest BCUT2D eigenvalue weighted by Crippen LogP contribution is -2.02. The van der Waals surface area contributed by atoms with Gasteiger partial charge < -0.3 is 9.84 Å². The lowest BCUT2D eigenvalue weighted by atomic mass is 10.0. The lowest BCUT2D eigenvalue weighted by molar-refractivity contribution is 0.0691.